The van der Waals surface area contributed by atoms with Crippen LogP contribution in [0.3, 0.4) is 0 Å². The van der Waals surface area contributed by atoms with Gasteiger partial charge in [0.1, 0.15) is 5.52 Å². The standard InChI is InChI=1S/C26H21N3O4/c30-24-17-6-2-3-7-18(17)25-22-21(24)19(27-16-10-8-15(9-11-16)26(31)32)14-20(23(22)28-33-25)29-12-4-1-5-13-29/h2-3,6-11,14,27H,1,4-5,12-13H2,(H,31,32). The van der Waals surface area contributed by atoms with Crippen LogP contribution >= 0.6 is 0 Å². The number of aromatic carboxylic acids is 1. The van der Waals surface area contributed by atoms with Crippen LogP contribution in [0.15, 0.2) is 59.1 Å². The van der Waals surface area contributed by atoms with Crippen molar-refractivity contribution in [2.24, 2.45) is 0 Å². The van der Waals surface area contributed by atoms with E-state index in [0.29, 0.717) is 33.8 Å². The van der Waals surface area contributed by atoms with Gasteiger partial charge in [0.15, 0.2) is 11.5 Å². The molecule has 7 nitrogen and oxygen atoms in total. The molecule has 0 radical (unpaired) electrons. The van der Waals surface area contributed by atoms with Gasteiger partial charge >= 0.3 is 5.97 Å². The largest absolute Gasteiger partial charge is 0.478 e. The lowest BCUT2D eigenvalue weighted by Gasteiger charge is -2.30. The highest BCUT2D eigenvalue weighted by atomic mass is 16.5. The summed E-state index contributed by atoms with van der Waals surface area (Å²) in [6.07, 6.45) is 3.42. The second-order valence-electron chi connectivity index (χ2n) is 8.48. The quantitative estimate of drug-likeness (QED) is 0.383. The molecule has 0 saturated carbocycles. The van der Waals surface area contributed by atoms with Crippen molar-refractivity contribution in [3.05, 3.63) is 71.3 Å². The van der Waals surface area contributed by atoms with E-state index in [2.05, 4.69) is 15.4 Å². The summed E-state index contributed by atoms with van der Waals surface area (Å²) in [5.41, 5.74) is 5.08. The van der Waals surface area contributed by atoms with Crippen molar-refractivity contribution in [2.45, 2.75) is 19.3 Å². The van der Waals surface area contributed by atoms with Crippen molar-refractivity contribution in [1.29, 1.82) is 0 Å². The van der Waals surface area contributed by atoms with Gasteiger partial charge in [-0.05, 0) is 49.6 Å². The van der Waals surface area contributed by atoms with E-state index in [1.807, 2.05) is 24.3 Å². The average molecular weight is 439 g/mol. The minimum Gasteiger partial charge on any atom is -0.478 e. The Balaban J connectivity index is 1.56. The zero-order valence-electron chi connectivity index (χ0n) is 17.8. The number of carboxylic acid groups (broad SMARTS) is 1. The molecule has 33 heavy (non-hydrogen) atoms. The molecule has 1 fully saturated rings. The van der Waals surface area contributed by atoms with E-state index in [1.165, 1.54) is 6.42 Å². The van der Waals surface area contributed by atoms with Crippen LogP contribution in [0.25, 0.3) is 22.2 Å². The molecule has 1 aromatic heterocycles. The lowest BCUT2D eigenvalue weighted by Crippen LogP contribution is -2.29. The summed E-state index contributed by atoms with van der Waals surface area (Å²) in [6, 6.07) is 15.9. The van der Waals surface area contributed by atoms with Crippen LogP contribution in [0.1, 0.15) is 45.5 Å². The Bertz CT molecular complexity index is 1420. The molecule has 2 heterocycles. The molecule has 0 bridgehead atoms. The molecule has 164 valence electrons. The number of aromatic nitrogens is 1. The van der Waals surface area contributed by atoms with E-state index in [-0.39, 0.29) is 11.3 Å². The molecule has 1 aliphatic carbocycles. The zero-order valence-corrected chi connectivity index (χ0v) is 17.8. The maximum Gasteiger partial charge on any atom is 0.335 e. The maximum atomic E-state index is 13.6. The summed E-state index contributed by atoms with van der Waals surface area (Å²) in [7, 11) is 0. The number of benzene rings is 3. The van der Waals surface area contributed by atoms with Crippen LogP contribution in [0.2, 0.25) is 0 Å². The summed E-state index contributed by atoms with van der Waals surface area (Å²) in [5, 5.41) is 17.7. The van der Waals surface area contributed by atoms with E-state index < -0.39 is 5.97 Å². The summed E-state index contributed by atoms with van der Waals surface area (Å²) in [5.74, 6) is -0.453. The molecule has 4 aromatic rings. The number of nitrogens with one attached hydrogen (secondary N) is 1. The van der Waals surface area contributed by atoms with Crippen LogP contribution in [-0.4, -0.2) is 35.1 Å². The maximum absolute atomic E-state index is 13.6. The number of ketones is 1. The van der Waals surface area contributed by atoms with Crippen molar-refractivity contribution in [2.75, 3.05) is 23.3 Å². The number of anilines is 3. The number of rotatable bonds is 4. The fraction of sp³-hybridized carbons (Fsp3) is 0.192. The fourth-order valence-corrected chi connectivity index (χ4v) is 4.87. The van der Waals surface area contributed by atoms with Crippen molar-refractivity contribution in [3.8, 4) is 11.3 Å². The van der Waals surface area contributed by atoms with Crippen molar-refractivity contribution in [1.82, 2.24) is 5.16 Å². The summed E-state index contributed by atoms with van der Waals surface area (Å²) in [4.78, 5) is 27.2. The Labute approximate surface area is 189 Å². The zero-order chi connectivity index (χ0) is 22.5. The molecular weight excluding hydrogens is 418 g/mol. The van der Waals surface area contributed by atoms with Gasteiger partial charge in [0.05, 0.1) is 27.9 Å². The average Bonchev–Trinajstić information content (AvgIpc) is 3.29. The second-order valence-corrected chi connectivity index (χ2v) is 8.48. The van der Waals surface area contributed by atoms with Crippen LogP contribution in [0.5, 0.6) is 0 Å². The number of fused-ring (bicyclic) bond motifs is 2. The fourth-order valence-electron chi connectivity index (χ4n) is 4.87. The molecule has 1 saturated heterocycles. The van der Waals surface area contributed by atoms with E-state index in [0.717, 1.165) is 42.6 Å². The Morgan fingerprint density at radius 3 is 2.45 bits per heavy atom. The van der Waals surface area contributed by atoms with E-state index >= 15 is 0 Å². The third kappa shape index (κ3) is 3.08. The number of carbonyl (C=O) groups excluding carboxylic acids is 1. The van der Waals surface area contributed by atoms with E-state index in [9.17, 15) is 14.7 Å². The molecule has 1 aliphatic heterocycles. The number of carboxylic acids is 1. The lowest BCUT2D eigenvalue weighted by atomic mass is 9.86. The van der Waals surface area contributed by atoms with Crippen LogP contribution in [0, 0.1) is 0 Å². The van der Waals surface area contributed by atoms with Gasteiger partial charge in [-0.1, -0.05) is 29.4 Å². The Hall–Kier alpha value is -4.13. The van der Waals surface area contributed by atoms with Crippen LogP contribution in [-0.2, 0) is 0 Å². The monoisotopic (exact) mass is 439 g/mol. The molecule has 0 atom stereocenters. The highest BCUT2D eigenvalue weighted by Crippen LogP contribution is 2.46. The SMILES string of the molecule is O=C(O)c1ccc(Nc2cc(N3CCCCC3)c3noc4c3c2C(=O)c2ccccc2-4)cc1. The molecular formula is C26H21N3O4. The molecule has 0 amide bonds. The second kappa shape index (κ2) is 7.48. The first kappa shape index (κ1) is 19.5. The molecule has 2 N–H and O–H groups in total. The number of hydrogen-bond donors (Lipinski definition) is 2. The number of carbonyl (C=O) groups is 2. The van der Waals surface area contributed by atoms with Gasteiger partial charge in [-0.25, -0.2) is 4.79 Å². The minimum atomic E-state index is -0.980. The number of nitrogens with zero attached hydrogens (tertiary/aromatic N) is 2. The summed E-state index contributed by atoms with van der Waals surface area (Å²) < 4.78 is 5.83. The van der Waals surface area contributed by atoms with Gasteiger partial charge in [0.25, 0.3) is 0 Å². The molecule has 0 spiro atoms. The van der Waals surface area contributed by atoms with Crippen LogP contribution < -0.4 is 10.2 Å². The third-order valence-electron chi connectivity index (χ3n) is 6.49. The Kier molecular flexibility index (Phi) is 4.43. The van der Waals surface area contributed by atoms with Gasteiger partial charge in [-0.15, -0.1) is 0 Å². The third-order valence-corrected chi connectivity index (χ3v) is 6.49. The van der Waals surface area contributed by atoms with Crippen molar-refractivity contribution >= 4 is 39.7 Å². The van der Waals surface area contributed by atoms with Gasteiger partial charge in [0.2, 0.25) is 0 Å². The first-order valence-corrected chi connectivity index (χ1v) is 11.1. The summed E-state index contributed by atoms with van der Waals surface area (Å²) in [6.45, 7) is 1.85. The molecule has 2 aliphatic rings. The van der Waals surface area contributed by atoms with E-state index in [4.69, 9.17) is 4.52 Å². The minimum absolute atomic E-state index is 0.0823. The predicted octanol–water partition coefficient (Wildman–Crippen LogP) is 5.47. The first-order valence-electron chi connectivity index (χ1n) is 11.1. The van der Waals surface area contributed by atoms with Gasteiger partial charge in [-0.2, -0.15) is 0 Å². The van der Waals surface area contributed by atoms with E-state index in [1.54, 1.807) is 30.3 Å². The number of piperidine rings is 1. The summed E-state index contributed by atoms with van der Waals surface area (Å²) >= 11 is 0. The van der Waals surface area contributed by atoms with Gasteiger partial charge in [-0.3, -0.25) is 4.79 Å². The highest BCUT2D eigenvalue weighted by molar-refractivity contribution is 6.28. The molecule has 3 aromatic carbocycles. The topological polar surface area (TPSA) is 95.7 Å². The predicted molar refractivity (Wildman–Crippen MR) is 126 cm³/mol. The van der Waals surface area contributed by atoms with Crippen molar-refractivity contribution < 1.29 is 19.2 Å². The Morgan fingerprint density at radius 1 is 1.00 bits per heavy atom. The lowest BCUT2D eigenvalue weighted by molar-refractivity contribution is 0.0696. The molecule has 0 unspecified atom stereocenters. The van der Waals surface area contributed by atoms with Gasteiger partial charge < -0.3 is 19.8 Å². The number of hydrogen-bond acceptors (Lipinski definition) is 6. The smallest absolute Gasteiger partial charge is 0.335 e. The normalized spacial score (nSPS) is 14.9. The molecule has 6 rings (SSSR count). The molecule has 7 heteroatoms. The first-order chi connectivity index (χ1) is 16.1. The van der Waals surface area contributed by atoms with Crippen LogP contribution in [0.4, 0.5) is 17.1 Å². The van der Waals surface area contributed by atoms with Gasteiger partial charge in [0, 0.05) is 29.9 Å². The Morgan fingerprint density at radius 2 is 1.73 bits per heavy atom. The van der Waals surface area contributed by atoms with Crippen molar-refractivity contribution in [3.63, 3.8) is 0 Å². The highest BCUT2D eigenvalue weighted by Gasteiger charge is 2.33.